The third-order valence-corrected chi connectivity index (χ3v) is 9.79. The Balaban J connectivity index is 2.40. The van der Waals surface area contributed by atoms with Gasteiger partial charge in [0.15, 0.2) is 6.34 Å². The summed E-state index contributed by atoms with van der Waals surface area (Å²) in [5, 5.41) is 10.6. The van der Waals surface area contributed by atoms with E-state index in [2.05, 4.69) is 0 Å². The molecule has 1 atom stereocenters. The van der Waals surface area contributed by atoms with E-state index in [-0.39, 0.29) is 0 Å². The molecule has 0 aliphatic heterocycles. The van der Waals surface area contributed by atoms with Gasteiger partial charge in [-0.1, -0.05) is 61.0 Å². The van der Waals surface area contributed by atoms with Crippen molar-refractivity contribution in [2.45, 2.75) is 37.4 Å². The van der Waals surface area contributed by atoms with Gasteiger partial charge in [-0.2, -0.15) is 0 Å². The molecule has 1 unspecified atom stereocenters. The van der Waals surface area contributed by atoms with E-state index in [4.69, 9.17) is 0 Å². The van der Waals surface area contributed by atoms with Crippen LogP contribution in [0.1, 0.15) is 32.1 Å². The summed E-state index contributed by atoms with van der Waals surface area (Å²) in [6, 6.07) is 9.46. The van der Waals surface area contributed by atoms with E-state index in [0.29, 0.717) is 12.8 Å². The van der Waals surface area contributed by atoms with Crippen molar-refractivity contribution in [1.29, 1.82) is 0 Å². The van der Waals surface area contributed by atoms with Gasteiger partial charge in [0, 0.05) is 5.30 Å². The van der Waals surface area contributed by atoms with E-state index in [9.17, 15) is 9.67 Å². The van der Waals surface area contributed by atoms with Gasteiger partial charge in [0.1, 0.15) is 5.34 Å². The van der Waals surface area contributed by atoms with Crippen molar-refractivity contribution in [1.82, 2.24) is 0 Å². The fourth-order valence-electron chi connectivity index (χ4n) is 2.55. The molecule has 0 amide bonds. The molecule has 0 radical (unpaired) electrons. The number of aliphatic hydroxyl groups is 1. The summed E-state index contributed by atoms with van der Waals surface area (Å²) in [5.41, 5.74) is 0. The topological polar surface area (TPSA) is 37.3 Å². The quantitative estimate of drug-likeness (QED) is 0.853. The summed E-state index contributed by atoms with van der Waals surface area (Å²) in [6.45, 7) is 0. The van der Waals surface area contributed by atoms with E-state index in [0.717, 1.165) is 24.6 Å². The van der Waals surface area contributed by atoms with Gasteiger partial charge >= 0.3 is 0 Å². The monoisotopic (exact) mass is 270 g/mol. The van der Waals surface area contributed by atoms with Crippen LogP contribution >= 0.6 is 17.7 Å². The van der Waals surface area contributed by atoms with Crippen LogP contribution < -0.4 is 5.30 Å². The Labute approximate surface area is 107 Å². The molecule has 1 saturated carbocycles. The highest BCUT2D eigenvalue weighted by atomic mass is 32.7. The third-order valence-electron chi connectivity index (χ3n) is 3.56. The zero-order valence-electron chi connectivity index (χ0n) is 10.1. The second-order valence-electron chi connectivity index (χ2n) is 4.61. The van der Waals surface area contributed by atoms with Crippen molar-refractivity contribution in [3.05, 3.63) is 30.3 Å². The van der Waals surface area contributed by atoms with E-state index in [1.807, 2.05) is 36.6 Å². The van der Waals surface area contributed by atoms with Gasteiger partial charge in [-0.3, -0.25) is 0 Å². The fraction of sp³-hybridized carbons (Fsp3) is 0.538. The number of hydrogen-bond donors (Lipinski definition) is 1. The molecule has 1 aromatic rings. The Morgan fingerprint density at radius 2 is 1.76 bits per heavy atom. The molecule has 0 heterocycles. The van der Waals surface area contributed by atoms with Gasteiger partial charge in [0.05, 0.1) is 0 Å². The van der Waals surface area contributed by atoms with Crippen molar-refractivity contribution >= 4 is 23.0 Å². The largest absolute Gasteiger partial charge is 0.381 e. The summed E-state index contributed by atoms with van der Waals surface area (Å²) in [7, 11) is 0. The van der Waals surface area contributed by atoms with Crippen molar-refractivity contribution in [2.24, 2.45) is 0 Å². The first-order valence-corrected chi connectivity index (χ1v) is 9.60. The Bertz CT molecular complexity index is 413. The van der Waals surface area contributed by atoms with Crippen LogP contribution in [0.4, 0.5) is 0 Å². The molecule has 0 bridgehead atoms. The van der Waals surface area contributed by atoms with E-state index in [1.165, 1.54) is 11.4 Å². The maximum absolute atomic E-state index is 13.2. The van der Waals surface area contributed by atoms with Gasteiger partial charge in [-0.15, -0.1) is 0 Å². The molecule has 1 aliphatic carbocycles. The first kappa shape index (κ1) is 13.2. The van der Waals surface area contributed by atoms with Crippen molar-refractivity contribution in [3.63, 3.8) is 0 Å². The number of benzene rings is 1. The summed E-state index contributed by atoms with van der Waals surface area (Å²) in [5.74, 6) is 0. The van der Waals surface area contributed by atoms with Crippen LogP contribution in [0, 0.1) is 0 Å². The second-order valence-corrected chi connectivity index (χ2v) is 10.1. The molecule has 0 spiro atoms. The zero-order chi connectivity index (χ0) is 12.4. The van der Waals surface area contributed by atoms with E-state index >= 15 is 0 Å². The molecule has 1 aromatic carbocycles. The standard InChI is InChI=1S/C13H19O2PS/c1-17-16(15,12-8-4-2-5-9-12)13(14)10-6-3-7-11-13/h2,4-5,8-9,14H,3,6-7,10-11H2,1H3. The lowest BCUT2D eigenvalue weighted by atomic mass is 9.97. The summed E-state index contributed by atoms with van der Waals surface area (Å²) < 4.78 is 13.2. The molecular formula is C13H19O2PS. The van der Waals surface area contributed by atoms with E-state index in [1.54, 1.807) is 0 Å². The lowest BCUT2D eigenvalue weighted by Gasteiger charge is -2.38. The molecule has 2 nitrogen and oxygen atoms in total. The minimum atomic E-state index is -2.77. The normalized spacial score (nSPS) is 22.9. The molecular weight excluding hydrogens is 251 g/mol. The Kier molecular flexibility index (Phi) is 4.02. The highest BCUT2D eigenvalue weighted by Gasteiger charge is 2.47. The van der Waals surface area contributed by atoms with Crippen molar-refractivity contribution < 1.29 is 9.67 Å². The summed E-state index contributed by atoms with van der Waals surface area (Å²) in [4.78, 5) is 0. The molecule has 1 N–H and O–H groups in total. The van der Waals surface area contributed by atoms with Gasteiger partial charge in [-0.25, -0.2) is 0 Å². The maximum Gasteiger partial charge on any atom is 0.196 e. The maximum atomic E-state index is 13.2. The predicted molar refractivity (Wildman–Crippen MR) is 75.2 cm³/mol. The fourth-order valence-corrected chi connectivity index (χ4v) is 7.62. The Morgan fingerprint density at radius 1 is 1.18 bits per heavy atom. The SMILES string of the molecule is CSP(=O)(c1ccccc1)C1(O)CCCCC1. The van der Waals surface area contributed by atoms with Crippen molar-refractivity contribution in [3.8, 4) is 0 Å². The molecule has 94 valence electrons. The number of hydrogen-bond acceptors (Lipinski definition) is 3. The van der Waals surface area contributed by atoms with Gasteiger partial charge < -0.3 is 9.67 Å². The first-order chi connectivity index (χ1) is 8.12. The Hall–Kier alpha value is -0.240. The molecule has 1 aliphatic rings. The van der Waals surface area contributed by atoms with Crippen LogP contribution in [0.25, 0.3) is 0 Å². The third kappa shape index (κ3) is 2.33. The molecule has 4 heteroatoms. The van der Waals surface area contributed by atoms with Crippen LogP contribution in [0.2, 0.25) is 0 Å². The van der Waals surface area contributed by atoms with Crippen molar-refractivity contribution in [2.75, 3.05) is 6.26 Å². The lowest BCUT2D eigenvalue weighted by molar-refractivity contribution is 0.0848. The molecule has 17 heavy (non-hydrogen) atoms. The van der Waals surface area contributed by atoms with Crippen LogP contribution in [0.3, 0.4) is 0 Å². The molecule has 0 saturated heterocycles. The minimum absolute atomic E-state index is 0.667. The average molecular weight is 270 g/mol. The Morgan fingerprint density at radius 3 is 2.29 bits per heavy atom. The first-order valence-electron chi connectivity index (χ1n) is 6.06. The summed E-state index contributed by atoms with van der Waals surface area (Å²) >= 11 is 1.34. The highest BCUT2D eigenvalue weighted by Crippen LogP contribution is 2.68. The average Bonchev–Trinajstić information content (AvgIpc) is 2.39. The minimum Gasteiger partial charge on any atom is -0.381 e. The van der Waals surface area contributed by atoms with Gasteiger partial charge in [0.2, 0.25) is 0 Å². The predicted octanol–water partition coefficient (Wildman–Crippen LogP) is 3.61. The smallest absolute Gasteiger partial charge is 0.196 e. The molecule has 0 aromatic heterocycles. The van der Waals surface area contributed by atoms with Gasteiger partial charge in [-0.05, 0) is 19.1 Å². The van der Waals surface area contributed by atoms with Gasteiger partial charge in [0.25, 0.3) is 0 Å². The van der Waals surface area contributed by atoms with E-state index < -0.39 is 11.7 Å². The van der Waals surface area contributed by atoms with Crippen LogP contribution in [0.5, 0.6) is 0 Å². The highest BCUT2D eigenvalue weighted by molar-refractivity contribution is 8.60. The van der Waals surface area contributed by atoms with Crippen LogP contribution in [-0.2, 0) is 4.57 Å². The van der Waals surface area contributed by atoms with Crippen LogP contribution in [0.15, 0.2) is 30.3 Å². The molecule has 2 rings (SSSR count). The lowest BCUT2D eigenvalue weighted by Crippen LogP contribution is -2.33. The van der Waals surface area contributed by atoms with Crippen LogP contribution in [-0.4, -0.2) is 16.7 Å². The second kappa shape index (κ2) is 5.17. The summed E-state index contributed by atoms with van der Waals surface area (Å²) in [6.07, 6.45) is 3.52. The molecule has 1 fully saturated rings. The zero-order valence-corrected chi connectivity index (χ0v) is 11.8. The number of rotatable bonds is 3.